The number of nitrogens with one attached hydrogen (secondary N) is 2. The van der Waals surface area contributed by atoms with Crippen LogP contribution in [0.3, 0.4) is 0 Å². The molecular formula is C52H42N12. The highest BCUT2D eigenvalue weighted by molar-refractivity contribution is 6.30. The van der Waals surface area contributed by atoms with Gasteiger partial charge in [0.2, 0.25) is 5.96 Å². The molecule has 1 aliphatic carbocycles. The Kier molecular flexibility index (Phi) is 7.75. The van der Waals surface area contributed by atoms with E-state index in [4.69, 9.17) is 25.0 Å². The molecule has 3 aliphatic heterocycles. The zero-order chi connectivity index (χ0) is 42.8. The Morgan fingerprint density at radius 3 is 1.84 bits per heavy atom. The zero-order valence-electron chi connectivity index (χ0n) is 35.6. The van der Waals surface area contributed by atoms with Crippen molar-refractivity contribution in [3.63, 3.8) is 0 Å². The maximum Gasteiger partial charge on any atom is 0.238 e. The monoisotopic (exact) mass is 834 g/mol. The van der Waals surface area contributed by atoms with Crippen molar-refractivity contribution in [2.24, 2.45) is 25.9 Å². The topological polar surface area (TPSA) is 111 Å². The summed E-state index contributed by atoms with van der Waals surface area (Å²) in [7, 11) is 0. The molecule has 8 heterocycles. The molecular weight excluding hydrogens is 793 g/mol. The Morgan fingerprint density at radius 1 is 0.562 bits per heavy atom. The second-order valence-electron chi connectivity index (χ2n) is 17.4. The van der Waals surface area contributed by atoms with Crippen LogP contribution in [0.15, 0.2) is 189 Å². The molecule has 4 aliphatic rings. The highest BCUT2D eigenvalue weighted by atomic mass is 15.3. The van der Waals surface area contributed by atoms with E-state index in [1.807, 2.05) is 18.5 Å². The number of nitrogens with zero attached hydrogens (tertiary/aromatic N) is 10. The number of allylic oxidation sites excluding steroid dienone is 4. The first-order valence-corrected chi connectivity index (χ1v) is 21.8. The number of hydrogen-bond donors (Lipinski definition) is 2. The highest BCUT2D eigenvalue weighted by Gasteiger charge is 2.44. The van der Waals surface area contributed by atoms with E-state index in [1.54, 1.807) is 0 Å². The van der Waals surface area contributed by atoms with Crippen LogP contribution in [0.25, 0.3) is 60.9 Å². The standard InChI is InChI=1S/C52H42N12/c1-30(2)54-40-27-33(60-20-9-10-21-60)25-32-19-24-62(46(32)40)50-37-17-18-38-44(37)45-48(56-50)58-52(64-42-15-7-5-13-35(42)36-14-6-8-16-43(36)64)59-49(45)57-51(38)63-29-53-39-26-34(61-22-11-12-23-61)28-41(47(39)63)55-31(3)4/h5-31,45,54-55H,1-4H3. The van der Waals surface area contributed by atoms with Crippen LogP contribution in [-0.2, 0) is 0 Å². The van der Waals surface area contributed by atoms with E-state index in [2.05, 4.69) is 195 Å². The molecule has 0 saturated heterocycles. The average molecular weight is 835 g/mol. The molecule has 1 unspecified atom stereocenters. The van der Waals surface area contributed by atoms with Gasteiger partial charge in [-0.15, -0.1) is 0 Å². The summed E-state index contributed by atoms with van der Waals surface area (Å²) in [6.07, 6.45) is 16.7. The third kappa shape index (κ3) is 5.38. The Balaban J connectivity index is 1.07. The fourth-order valence-electron chi connectivity index (χ4n) is 9.94. The van der Waals surface area contributed by atoms with Crippen molar-refractivity contribution in [2.45, 2.75) is 39.8 Å². The van der Waals surface area contributed by atoms with Crippen molar-refractivity contribution < 1.29 is 0 Å². The van der Waals surface area contributed by atoms with Gasteiger partial charge in [0.25, 0.3) is 0 Å². The summed E-state index contributed by atoms with van der Waals surface area (Å²) in [5.74, 6) is 2.98. The predicted octanol–water partition coefficient (Wildman–Crippen LogP) is 10.7. The van der Waals surface area contributed by atoms with E-state index in [9.17, 15) is 0 Å². The SMILES string of the molecule is CC(C)Nc1cc(-n2cccc2)cc2ccn(C3=NC4=NC(n5c6ccccc6c6ccccc65)=NC5=NC(n6cnc7cc(-n8cccc8)cc(NC(C)C)c76)=C6C=CC3=C6C45)c12. The van der Waals surface area contributed by atoms with Gasteiger partial charge in [-0.3, -0.25) is 13.7 Å². The van der Waals surface area contributed by atoms with Crippen LogP contribution in [0.2, 0.25) is 0 Å². The summed E-state index contributed by atoms with van der Waals surface area (Å²) in [5.41, 5.74) is 12.1. The fraction of sp³-hybridized carbons (Fsp3) is 0.135. The van der Waals surface area contributed by atoms with E-state index >= 15 is 0 Å². The van der Waals surface area contributed by atoms with Crippen LogP contribution in [0.4, 0.5) is 11.4 Å². The smallest absolute Gasteiger partial charge is 0.238 e. The lowest BCUT2D eigenvalue weighted by atomic mass is 9.85. The number of aliphatic imine (C=N–C) groups is 4. The second-order valence-corrected chi connectivity index (χ2v) is 17.4. The maximum atomic E-state index is 5.55. The van der Waals surface area contributed by atoms with Crippen molar-refractivity contribution >= 4 is 84.4 Å². The number of rotatable bonds is 7. The first-order valence-electron chi connectivity index (χ1n) is 21.8. The van der Waals surface area contributed by atoms with E-state index in [1.165, 1.54) is 0 Å². The minimum atomic E-state index is -0.372. The number of anilines is 2. The largest absolute Gasteiger partial charge is 0.381 e. The first-order chi connectivity index (χ1) is 31.4. The van der Waals surface area contributed by atoms with Crippen LogP contribution >= 0.6 is 0 Å². The van der Waals surface area contributed by atoms with E-state index in [-0.39, 0.29) is 18.0 Å². The normalized spacial score (nSPS) is 16.8. The van der Waals surface area contributed by atoms with Gasteiger partial charge in [-0.05, 0) is 100.0 Å². The zero-order valence-corrected chi connectivity index (χ0v) is 35.6. The van der Waals surface area contributed by atoms with E-state index in [0.29, 0.717) is 17.6 Å². The van der Waals surface area contributed by atoms with Crippen molar-refractivity contribution in [2.75, 3.05) is 10.6 Å². The average Bonchev–Trinajstić information content (AvgIpc) is 4.15. The van der Waals surface area contributed by atoms with Gasteiger partial charge in [-0.2, -0.15) is 9.98 Å². The summed E-state index contributed by atoms with van der Waals surface area (Å²) in [6.45, 7) is 8.66. The molecule has 0 saturated carbocycles. The highest BCUT2D eigenvalue weighted by Crippen LogP contribution is 2.46. The van der Waals surface area contributed by atoms with Gasteiger partial charge in [0.15, 0.2) is 0 Å². The molecule has 12 heteroatoms. The van der Waals surface area contributed by atoms with Crippen LogP contribution in [0.1, 0.15) is 27.7 Å². The minimum Gasteiger partial charge on any atom is -0.381 e. The van der Waals surface area contributed by atoms with Crippen LogP contribution in [0.5, 0.6) is 0 Å². The Bertz CT molecular complexity index is 3610. The van der Waals surface area contributed by atoms with Crippen molar-refractivity contribution in [3.05, 3.63) is 169 Å². The van der Waals surface area contributed by atoms with Crippen LogP contribution in [0, 0.1) is 5.92 Å². The molecule has 9 aromatic rings. The third-order valence-electron chi connectivity index (χ3n) is 12.5. The van der Waals surface area contributed by atoms with Crippen molar-refractivity contribution in [3.8, 4) is 11.4 Å². The third-order valence-corrected chi connectivity index (χ3v) is 12.5. The van der Waals surface area contributed by atoms with Gasteiger partial charge < -0.3 is 19.8 Å². The molecule has 0 bridgehead atoms. The lowest BCUT2D eigenvalue weighted by Crippen LogP contribution is -2.38. The number of fused-ring (bicyclic) bond motifs is 5. The minimum absolute atomic E-state index is 0.172. The molecule has 2 N–H and O–H groups in total. The van der Waals surface area contributed by atoms with Gasteiger partial charge in [0.05, 0.1) is 39.0 Å². The Morgan fingerprint density at radius 2 is 1.17 bits per heavy atom. The number of hydrogen-bond acceptors (Lipinski definition) is 7. The summed E-state index contributed by atoms with van der Waals surface area (Å²) in [6, 6.07) is 36.4. The number of para-hydroxylation sites is 2. The molecule has 310 valence electrons. The van der Waals surface area contributed by atoms with Gasteiger partial charge in [0, 0.05) is 81.7 Å². The number of aromatic nitrogens is 6. The van der Waals surface area contributed by atoms with E-state index < -0.39 is 0 Å². The quantitative estimate of drug-likeness (QED) is 0.167. The maximum absolute atomic E-state index is 5.55. The van der Waals surface area contributed by atoms with Gasteiger partial charge in [-0.1, -0.05) is 48.6 Å². The van der Waals surface area contributed by atoms with Crippen molar-refractivity contribution in [1.29, 1.82) is 0 Å². The predicted molar refractivity (Wildman–Crippen MR) is 261 cm³/mol. The molecule has 5 aromatic heterocycles. The summed E-state index contributed by atoms with van der Waals surface area (Å²) in [4.78, 5) is 26.9. The molecule has 0 radical (unpaired) electrons. The lowest BCUT2D eigenvalue weighted by molar-refractivity contribution is 0.898. The summed E-state index contributed by atoms with van der Waals surface area (Å²) < 4.78 is 10.8. The number of amidine groups is 2. The summed E-state index contributed by atoms with van der Waals surface area (Å²) >= 11 is 0. The lowest BCUT2D eigenvalue weighted by Gasteiger charge is -2.32. The molecule has 13 rings (SSSR count). The van der Waals surface area contributed by atoms with Crippen molar-refractivity contribution in [1.82, 2.24) is 27.8 Å². The Labute approximate surface area is 367 Å². The van der Waals surface area contributed by atoms with Crippen LogP contribution in [-0.4, -0.2) is 63.4 Å². The molecule has 0 fully saturated rings. The second kappa shape index (κ2) is 13.6. The molecule has 12 nitrogen and oxygen atoms in total. The van der Waals surface area contributed by atoms with Crippen LogP contribution < -0.4 is 10.6 Å². The number of benzene rings is 4. The fourth-order valence-corrected chi connectivity index (χ4v) is 9.94. The van der Waals surface area contributed by atoms with Gasteiger partial charge in [-0.25, -0.2) is 15.0 Å². The molecule has 0 amide bonds. The molecule has 1 atom stereocenters. The number of imidazole rings is 1. The van der Waals surface area contributed by atoms with Gasteiger partial charge >= 0.3 is 0 Å². The molecule has 64 heavy (non-hydrogen) atoms. The van der Waals surface area contributed by atoms with Gasteiger partial charge in [0.1, 0.15) is 35.6 Å². The van der Waals surface area contributed by atoms with E-state index in [0.717, 1.165) is 94.9 Å². The molecule has 4 aromatic carbocycles. The molecule has 0 spiro atoms. The summed E-state index contributed by atoms with van der Waals surface area (Å²) in [5, 5.41) is 10.9. The Hall–Kier alpha value is -8.25. The number of dihydropyridines is 1. The first kappa shape index (κ1) is 36.4.